The summed E-state index contributed by atoms with van der Waals surface area (Å²) in [4.78, 5) is 62.3. The highest BCUT2D eigenvalue weighted by Crippen LogP contribution is 2.42. The molecule has 70 heavy (non-hydrogen) atoms. The van der Waals surface area contributed by atoms with Crippen molar-refractivity contribution in [3.63, 3.8) is 0 Å². The Morgan fingerprint density at radius 3 is 2.44 bits per heavy atom. The van der Waals surface area contributed by atoms with Crippen molar-refractivity contribution in [3.8, 4) is 11.5 Å². The average molecular weight is 1040 g/mol. The summed E-state index contributed by atoms with van der Waals surface area (Å²) < 4.78 is 34.5. The van der Waals surface area contributed by atoms with Gasteiger partial charge in [0.25, 0.3) is 5.56 Å². The van der Waals surface area contributed by atoms with E-state index in [1.165, 1.54) is 14.8 Å². The van der Waals surface area contributed by atoms with E-state index < -0.39 is 24.8 Å². The van der Waals surface area contributed by atoms with Gasteiger partial charge in [0.1, 0.15) is 30.5 Å². The summed E-state index contributed by atoms with van der Waals surface area (Å²) in [6, 6.07) is 10.8. The first kappa shape index (κ1) is 50.3. The molecule has 2 saturated heterocycles. The number of nitrogens with zero attached hydrogens (tertiary/aromatic N) is 6. The Hall–Kier alpha value is -6.08. The average Bonchev–Trinajstić information content (AvgIpc) is 3.67. The van der Waals surface area contributed by atoms with Crippen molar-refractivity contribution >= 4 is 90.9 Å². The third kappa shape index (κ3) is 10.9. The molecule has 8 rings (SSSR count). The molecule has 6 aromatic rings. The highest BCUT2D eigenvalue weighted by molar-refractivity contribution is 9.10. The molecule has 0 radical (unpaired) electrons. The standard InChI is InChI=1S/C49H61BrN11O8P/c1-7-29-24-37(56-48-53-28-35(50)45(58-48)55-36-13-12-33-34(44(36)70(5,6)66)27-54-60(8-2)47(33)64)41(68-9-3)26-39(29)59-21-16-31(17-22-59)52-20-19-51-18-10-11-30-23-32(67-4)25-40-43(30)69-49(65)61(40)38-14-15-42(62)57-46(38)63/h12-13,23-28,31,38,51-52H,7-11,14-22H2,1-6H3,(H,57,62,63)(H2,53,55,56,58). The Bertz CT molecular complexity index is 3090. The molecule has 372 valence electrons. The van der Waals surface area contributed by atoms with Crippen LogP contribution >= 0.6 is 23.1 Å². The quantitative estimate of drug-likeness (QED) is 0.0319. The van der Waals surface area contributed by atoms with E-state index in [1.807, 2.05) is 19.9 Å². The van der Waals surface area contributed by atoms with Crippen LogP contribution in [0.5, 0.6) is 11.5 Å². The first-order valence-corrected chi connectivity index (χ1v) is 27.3. The fraction of sp³-hybridized carbons (Fsp3) is 0.449. The van der Waals surface area contributed by atoms with Gasteiger partial charge < -0.3 is 44.6 Å². The van der Waals surface area contributed by atoms with Crippen molar-refractivity contribution in [1.29, 1.82) is 0 Å². The van der Waals surface area contributed by atoms with Crippen molar-refractivity contribution in [3.05, 3.63) is 85.3 Å². The number of piperidine rings is 2. The fourth-order valence-electron chi connectivity index (χ4n) is 9.40. The number of ether oxygens (including phenoxy) is 2. The number of amides is 2. The SMILES string of the molecule is CCOc1cc(N2CCC(NCCNCCCc3cc(OC)cc4c3oc(=O)n4C3CCC(=O)NC3=O)CC2)c(CC)cc1Nc1ncc(Br)c(Nc2ccc3c(=O)n(CC)ncc3c2P(C)(C)=O)n1. The molecule has 2 aliphatic heterocycles. The number of benzene rings is 3. The first-order chi connectivity index (χ1) is 33.7. The van der Waals surface area contributed by atoms with Crippen molar-refractivity contribution in [1.82, 2.24) is 40.3 Å². The summed E-state index contributed by atoms with van der Waals surface area (Å²) in [5.41, 5.74) is 5.11. The number of carbonyl (C=O) groups excluding carboxylic acids is 2. The van der Waals surface area contributed by atoms with E-state index >= 15 is 0 Å². The van der Waals surface area contributed by atoms with Crippen LogP contribution in [0.1, 0.15) is 70.0 Å². The van der Waals surface area contributed by atoms with E-state index in [0.29, 0.717) is 86.2 Å². The van der Waals surface area contributed by atoms with Crippen LogP contribution in [-0.2, 0) is 33.5 Å². The van der Waals surface area contributed by atoms with Gasteiger partial charge in [-0.1, -0.05) is 6.92 Å². The number of rotatable bonds is 20. The molecule has 5 N–H and O–H groups in total. The summed E-state index contributed by atoms with van der Waals surface area (Å²) in [6.07, 6.45) is 7.84. The molecule has 0 bridgehead atoms. The number of imide groups is 1. The zero-order valence-electron chi connectivity index (χ0n) is 40.4. The Morgan fingerprint density at radius 2 is 1.73 bits per heavy atom. The van der Waals surface area contributed by atoms with Crippen LogP contribution in [0.3, 0.4) is 0 Å². The van der Waals surface area contributed by atoms with Gasteiger partial charge in [0.2, 0.25) is 17.8 Å². The monoisotopic (exact) mass is 1040 g/mol. The molecular weight excluding hydrogens is 981 g/mol. The van der Waals surface area contributed by atoms with Crippen LogP contribution in [0.25, 0.3) is 21.9 Å². The summed E-state index contributed by atoms with van der Waals surface area (Å²) in [5, 5.41) is 22.2. The third-order valence-electron chi connectivity index (χ3n) is 12.8. The van der Waals surface area contributed by atoms with Crippen LogP contribution in [0.15, 0.2) is 67.3 Å². The second-order valence-electron chi connectivity index (χ2n) is 17.9. The van der Waals surface area contributed by atoms with E-state index in [1.54, 1.807) is 51.0 Å². The largest absolute Gasteiger partial charge is 0.497 e. The molecule has 2 fully saturated rings. The van der Waals surface area contributed by atoms with Gasteiger partial charge in [-0.25, -0.2) is 14.5 Å². The number of hydrogen-bond acceptors (Lipinski definition) is 16. The fourth-order valence-corrected chi connectivity index (χ4v) is 11.2. The number of methoxy groups -OCH3 is 1. The lowest BCUT2D eigenvalue weighted by Gasteiger charge is -2.35. The number of halogens is 1. The summed E-state index contributed by atoms with van der Waals surface area (Å²) in [5.74, 6) is 0.535. The van der Waals surface area contributed by atoms with E-state index in [9.17, 15) is 23.7 Å². The molecular formula is C49H61BrN11O8P. The molecule has 2 aliphatic rings. The van der Waals surface area contributed by atoms with Gasteiger partial charge in [-0.3, -0.25) is 24.3 Å². The summed E-state index contributed by atoms with van der Waals surface area (Å²) in [6.45, 7) is 14.4. The first-order valence-electron chi connectivity index (χ1n) is 23.9. The predicted octanol–water partition coefficient (Wildman–Crippen LogP) is 6.34. The Labute approximate surface area is 414 Å². The zero-order valence-corrected chi connectivity index (χ0v) is 42.9. The number of hydrogen-bond donors (Lipinski definition) is 5. The number of oxazole rings is 1. The Balaban J connectivity index is 0.857. The summed E-state index contributed by atoms with van der Waals surface area (Å²) in [7, 11) is -1.36. The molecule has 3 aromatic heterocycles. The molecule has 1 atom stereocenters. The van der Waals surface area contributed by atoms with Crippen molar-refractivity contribution in [2.24, 2.45) is 0 Å². The maximum absolute atomic E-state index is 13.7. The van der Waals surface area contributed by atoms with Crippen molar-refractivity contribution in [2.75, 3.05) is 75.3 Å². The van der Waals surface area contributed by atoms with Gasteiger partial charge in [0.05, 0.1) is 46.7 Å². The number of carbonyl (C=O) groups is 2. The van der Waals surface area contributed by atoms with Gasteiger partial charge in [-0.05, 0) is 118 Å². The minimum atomic E-state index is -2.91. The zero-order chi connectivity index (χ0) is 49.7. The van der Waals surface area contributed by atoms with Crippen LogP contribution in [0.4, 0.5) is 28.8 Å². The number of nitrogens with one attached hydrogen (secondary N) is 5. The third-order valence-corrected chi connectivity index (χ3v) is 15.0. The highest BCUT2D eigenvalue weighted by Gasteiger charge is 2.32. The van der Waals surface area contributed by atoms with Crippen molar-refractivity contribution < 1.29 is 28.0 Å². The lowest BCUT2D eigenvalue weighted by molar-refractivity contribution is -0.135. The second kappa shape index (κ2) is 21.9. The van der Waals surface area contributed by atoms with E-state index in [2.05, 4.69) is 76.6 Å². The summed E-state index contributed by atoms with van der Waals surface area (Å²) >= 11 is 3.59. The molecule has 0 aliphatic carbocycles. The van der Waals surface area contributed by atoms with Gasteiger partial charge in [0, 0.05) is 85.5 Å². The molecule has 2 amide bonds. The van der Waals surface area contributed by atoms with Gasteiger partial charge in [-0.15, -0.1) is 0 Å². The molecule has 19 nitrogen and oxygen atoms in total. The minimum absolute atomic E-state index is 0.149. The molecule has 21 heteroatoms. The van der Waals surface area contributed by atoms with Crippen LogP contribution in [0.2, 0.25) is 0 Å². The topological polar surface area (TPSA) is 229 Å². The number of anilines is 5. The lowest BCUT2D eigenvalue weighted by atomic mass is 10.0. The molecule has 0 saturated carbocycles. The van der Waals surface area contributed by atoms with E-state index in [-0.39, 0.29) is 24.3 Å². The number of aryl methyl sites for hydroxylation is 3. The van der Waals surface area contributed by atoms with Crippen LogP contribution in [0, 0.1) is 0 Å². The molecule has 1 unspecified atom stereocenters. The normalized spacial score (nSPS) is 15.7. The Kier molecular flexibility index (Phi) is 15.8. The smallest absolute Gasteiger partial charge is 0.420 e. The molecule has 0 spiro atoms. The van der Waals surface area contributed by atoms with E-state index in [0.717, 1.165) is 75.3 Å². The molecule has 3 aromatic carbocycles. The van der Waals surface area contributed by atoms with Crippen molar-refractivity contribution in [2.45, 2.75) is 84.3 Å². The van der Waals surface area contributed by atoms with E-state index in [4.69, 9.17) is 18.9 Å². The number of aromatic nitrogens is 5. The maximum Gasteiger partial charge on any atom is 0.420 e. The Morgan fingerprint density at radius 1 is 0.929 bits per heavy atom. The van der Waals surface area contributed by atoms with Crippen LogP contribution < -0.4 is 57.6 Å². The molecule has 5 heterocycles. The van der Waals surface area contributed by atoms with Crippen LogP contribution in [-0.4, -0.2) is 102 Å². The van der Waals surface area contributed by atoms with Gasteiger partial charge >= 0.3 is 5.76 Å². The van der Waals surface area contributed by atoms with Gasteiger partial charge in [-0.2, -0.15) is 10.1 Å². The minimum Gasteiger partial charge on any atom is -0.497 e. The predicted molar refractivity (Wildman–Crippen MR) is 277 cm³/mol. The number of fused-ring (bicyclic) bond motifs is 2. The van der Waals surface area contributed by atoms with Gasteiger partial charge in [0.15, 0.2) is 5.58 Å². The highest BCUT2D eigenvalue weighted by atomic mass is 79.9. The lowest BCUT2D eigenvalue weighted by Crippen LogP contribution is -2.44. The maximum atomic E-state index is 13.7. The second-order valence-corrected chi connectivity index (χ2v) is 21.9.